The Balaban J connectivity index is 1.73. The third-order valence-corrected chi connectivity index (χ3v) is 3.36. The molecule has 1 aromatic rings. The van der Waals surface area contributed by atoms with Crippen LogP contribution < -0.4 is 0 Å². The van der Waals surface area contributed by atoms with Crippen LogP contribution in [0.4, 0.5) is 4.39 Å². The zero-order valence-electron chi connectivity index (χ0n) is 11.3. The highest BCUT2D eigenvalue weighted by atomic mass is 19.1. The number of amides is 1. The summed E-state index contributed by atoms with van der Waals surface area (Å²) in [5, 5.41) is 0. The molecule has 4 heteroatoms. The smallest absolute Gasteiger partial charge is 0.222 e. The average molecular weight is 265 g/mol. The quantitative estimate of drug-likeness (QED) is 0.836. The minimum Gasteiger partial charge on any atom is -0.375 e. The number of carbonyl (C=O) groups is 1. The summed E-state index contributed by atoms with van der Waals surface area (Å²) in [4.78, 5) is 13.9. The first kappa shape index (κ1) is 14.0. The number of ether oxygens (including phenoxy) is 1. The second kappa shape index (κ2) is 6.66. The standard InChI is InChI=1S/C15H20FNO2/c1-12-11-17(9-10-19-12)15(18)4-2-3-13-5-7-14(16)8-6-13/h5-8,12H,2-4,9-11H2,1H3. The number of benzene rings is 1. The van der Waals surface area contributed by atoms with E-state index in [1.807, 2.05) is 11.8 Å². The number of rotatable bonds is 4. The van der Waals surface area contributed by atoms with Crippen molar-refractivity contribution < 1.29 is 13.9 Å². The Bertz CT molecular complexity index is 419. The van der Waals surface area contributed by atoms with Crippen LogP contribution in [-0.2, 0) is 16.0 Å². The van der Waals surface area contributed by atoms with Gasteiger partial charge in [0.15, 0.2) is 0 Å². The molecule has 1 saturated heterocycles. The van der Waals surface area contributed by atoms with Gasteiger partial charge in [-0.1, -0.05) is 12.1 Å². The molecular formula is C15H20FNO2. The van der Waals surface area contributed by atoms with Gasteiger partial charge in [0.05, 0.1) is 12.7 Å². The normalized spacial score (nSPS) is 19.5. The van der Waals surface area contributed by atoms with E-state index in [2.05, 4.69) is 0 Å². The van der Waals surface area contributed by atoms with Crippen molar-refractivity contribution >= 4 is 5.91 Å². The maximum Gasteiger partial charge on any atom is 0.222 e. The summed E-state index contributed by atoms with van der Waals surface area (Å²) >= 11 is 0. The first-order valence-corrected chi connectivity index (χ1v) is 6.79. The molecule has 1 amide bonds. The van der Waals surface area contributed by atoms with Gasteiger partial charge in [0.2, 0.25) is 5.91 Å². The Morgan fingerprint density at radius 1 is 1.42 bits per heavy atom. The van der Waals surface area contributed by atoms with Gasteiger partial charge in [-0.3, -0.25) is 4.79 Å². The topological polar surface area (TPSA) is 29.5 Å². The molecule has 1 aliphatic heterocycles. The predicted octanol–water partition coefficient (Wildman–Crippen LogP) is 2.40. The molecule has 2 rings (SSSR count). The molecule has 1 aromatic carbocycles. The van der Waals surface area contributed by atoms with E-state index < -0.39 is 0 Å². The summed E-state index contributed by atoms with van der Waals surface area (Å²) in [5.41, 5.74) is 1.07. The summed E-state index contributed by atoms with van der Waals surface area (Å²) in [6.45, 7) is 4.00. The zero-order valence-corrected chi connectivity index (χ0v) is 11.3. The van der Waals surface area contributed by atoms with Crippen LogP contribution in [0.15, 0.2) is 24.3 Å². The molecule has 1 unspecified atom stereocenters. The van der Waals surface area contributed by atoms with Crippen LogP contribution in [0, 0.1) is 5.82 Å². The Hall–Kier alpha value is -1.42. The van der Waals surface area contributed by atoms with Crippen LogP contribution in [0.5, 0.6) is 0 Å². The van der Waals surface area contributed by atoms with Gasteiger partial charge in [0.25, 0.3) is 0 Å². The van der Waals surface area contributed by atoms with E-state index in [4.69, 9.17) is 4.74 Å². The summed E-state index contributed by atoms with van der Waals surface area (Å²) in [5.74, 6) is -0.0283. The highest BCUT2D eigenvalue weighted by molar-refractivity contribution is 5.76. The Morgan fingerprint density at radius 3 is 2.84 bits per heavy atom. The average Bonchev–Trinajstić information content (AvgIpc) is 2.41. The van der Waals surface area contributed by atoms with E-state index in [0.717, 1.165) is 18.4 Å². The van der Waals surface area contributed by atoms with E-state index in [-0.39, 0.29) is 17.8 Å². The molecule has 104 valence electrons. The molecule has 1 aliphatic rings. The molecule has 0 N–H and O–H groups in total. The van der Waals surface area contributed by atoms with Crippen molar-refractivity contribution in [2.75, 3.05) is 19.7 Å². The lowest BCUT2D eigenvalue weighted by Gasteiger charge is -2.31. The Kier molecular flexibility index (Phi) is 4.91. The number of hydrogen-bond acceptors (Lipinski definition) is 2. The minimum absolute atomic E-state index is 0.134. The Labute approximate surface area is 113 Å². The fourth-order valence-corrected chi connectivity index (χ4v) is 2.30. The molecule has 0 spiro atoms. The first-order valence-electron chi connectivity index (χ1n) is 6.79. The Morgan fingerprint density at radius 2 is 2.16 bits per heavy atom. The molecule has 0 radical (unpaired) electrons. The SMILES string of the molecule is CC1CN(C(=O)CCCc2ccc(F)cc2)CCO1. The fraction of sp³-hybridized carbons (Fsp3) is 0.533. The largest absolute Gasteiger partial charge is 0.375 e. The number of aryl methyl sites for hydroxylation is 1. The predicted molar refractivity (Wildman–Crippen MR) is 71.3 cm³/mol. The number of hydrogen-bond donors (Lipinski definition) is 0. The lowest BCUT2D eigenvalue weighted by atomic mass is 10.1. The van der Waals surface area contributed by atoms with Gasteiger partial charge in [-0.2, -0.15) is 0 Å². The van der Waals surface area contributed by atoms with E-state index >= 15 is 0 Å². The molecular weight excluding hydrogens is 245 g/mol. The molecule has 0 bridgehead atoms. The summed E-state index contributed by atoms with van der Waals surface area (Å²) in [7, 11) is 0. The number of carbonyl (C=O) groups excluding carboxylic acids is 1. The van der Waals surface area contributed by atoms with Crippen molar-refractivity contribution in [1.82, 2.24) is 4.90 Å². The monoisotopic (exact) mass is 265 g/mol. The lowest BCUT2D eigenvalue weighted by Crippen LogP contribution is -2.44. The van der Waals surface area contributed by atoms with Gasteiger partial charge < -0.3 is 9.64 Å². The summed E-state index contributed by atoms with van der Waals surface area (Å²) in [6, 6.07) is 6.47. The first-order chi connectivity index (χ1) is 9.15. The highest BCUT2D eigenvalue weighted by Gasteiger charge is 2.20. The van der Waals surface area contributed by atoms with Crippen molar-refractivity contribution in [2.24, 2.45) is 0 Å². The number of morpholine rings is 1. The maximum absolute atomic E-state index is 12.7. The lowest BCUT2D eigenvalue weighted by molar-refractivity contribution is -0.138. The van der Waals surface area contributed by atoms with Gasteiger partial charge in [0.1, 0.15) is 5.82 Å². The summed E-state index contributed by atoms with van der Waals surface area (Å²) < 4.78 is 18.2. The van der Waals surface area contributed by atoms with Gasteiger partial charge >= 0.3 is 0 Å². The van der Waals surface area contributed by atoms with Crippen molar-refractivity contribution in [3.63, 3.8) is 0 Å². The molecule has 1 fully saturated rings. The third kappa shape index (κ3) is 4.31. The van der Waals surface area contributed by atoms with Crippen LogP contribution in [-0.4, -0.2) is 36.6 Å². The van der Waals surface area contributed by atoms with Crippen molar-refractivity contribution in [1.29, 1.82) is 0 Å². The van der Waals surface area contributed by atoms with Gasteiger partial charge in [0, 0.05) is 19.5 Å². The molecule has 19 heavy (non-hydrogen) atoms. The van der Waals surface area contributed by atoms with Crippen LogP contribution in [0.25, 0.3) is 0 Å². The van der Waals surface area contributed by atoms with Crippen molar-refractivity contribution in [3.8, 4) is 0 Å². The second-order valence-electron chi connectivity index (χ2n) is 5.00. The van der Waals surface area contributed by atoms with Crippen molar-refractivity contribution in [2.45, 2.75) is 32.3 Å². The van der Waals surface area contributed by atoms with Gasteiger partial charge in [-0.25, -0.2) is 4.39 Å². The molecule has 0 aliphatic carbocycles. The molecule has 1 heterocycles. The molecule has 0 aromatic heterocycles. The zero-order chi connectivity index (χ0) is 13.7. The fourth-order valence-electron chi connectivity index (χ4n) is 2.30. The summed E-state index contributed by atoms with van der Waals surface area (Å²) in [6.07, 6.45) is 2.29. The van der Waals surface area contributed by atoms with E-state index in [1.54, 1.807) is 12.1 Å². The molecule has 1 atom stereocenters. The van der Waals surface area contributed by atoms with E-state index in [0.29, 0.717) is 26.1 Å². The van der Waals surface area contributed by atoms with Gasteiger partial charge in [-0.15, -0.1) is 0 Å². The van der Waals surface area contributed by atoms with Crippen LogP contribution in [0.2, 0.25) is 0 Å². The minimum atomic E-state index is -0.220. The third-order valence-electron chi connectivity index (χ3n) is 3.36. The highest BCUT2D eigenvalue weighted by Crippen LogP contribution is 2.10. The van der Waals surface area contributed by atoms with Crippen LogP contribution in [0.1, 0.15) is 25.3 Å². The van der Waals surface area contributed by atoms with Crippen LogP contribution >= 0.6 is 0 Å². The van der Waals surface area contributed by atoms with Crippen molar-refractivity contribution in [3.05, 3.63) is 35.6 Å². The second-order valence-corrected chi connectivity index (χ2v) is 5.00. The number of nitrogens with zero attached hydrogens (tertiary/aromatic N) is 1. The van der Waals surface area contributed by atoms with Crippen LogP contribution in [0.3, 0.4) is 0 Å². The molecule has 3 nitrogen and oxygen atoms in total. The van der Waals surface area contributed by atoms with E-state index in [1.165, 1.54) is 12.1 Å². The molecule has 0 saturated carbocycles. The van der Waals surface area contributed by atoms with E-state index in [9.17, 15) is 9.18 Å². The number of halogens is 1. The maximum atomic E-state index is 12.7. The van der Waals surface area contributed by atoms with Gasteiger partial charge in [-0.05, 0) is 37.5 Å².